The molecule has 18 heavy (non-hydrogen) atoms. The van der Waals surface area contributed by atoms with Crippen LogP contribution >= 0.6 is 0 Å². The Bertz CT molecular complexity index is 594. The van der Waals surface area contributed by atoms with Gasteiger partial charge in [-0.1, -0.05) is 30.3 Å². The summed E-state index contributed by atoms with van der Waals surface area (Å²) in [5.41, 5.74) is 0.678. The molecule has 2 nitrogen and oxygen atoms in total. The molecule has 2 aromatic carbocycles. The highest BCUT2D eigenvalue weighted by Gasteiger charge is 2.12. The molecule has 0 heterocycles. The molecular formula is C14H10F2O2. The van der Waals surface area contributed by atoms with Crippen LogP contribution in [0.2, 0.25) is 0 Å². The van der Waals surface area contributed by atoms with Crippen LogP contribution in [0.15, 0.2) is 42.5 Å². The van der Waals surface area contributed by atoms with E-state index < -0.39 is 24.0 Å². The maximum absolute atomic E-state index is 14.1. The van der Waals surface area contributed by atoms with Crippen molar-refractivity contribution in [2.75, 3.05) is 0 Å². The van der Waals surface area contributed by atoms with Gasteiger partial charge in [0.05, 0.1) is 6.42 Å². The highest BCUT2D eigenvalue weighted by atomic mass is 19.1. The van der Waals surface area contributed by atoms with Crippen LogP contribution in [-0.2, 0) is 11.2 Å². The molecule has 0 spiro atoms. The Balaban J connectivity index is 2.49. The van der Waals surface area contributed by atoms with Crippen molar-refractivity contribution in [2.24, 2.45) is 0 Å². The van der Waals surface area contributed by atoms with Gasteiger partial charge in [0.2, 0.25) is 0 Å². The normalized spacial score (nSPS) is 10.3. The lowest BCUT2D eigenvalue weighted by atomic mass is 10.0. The summed E-state index contributed by atoms with van der Waals surface area (Å²) >= 11 is 0. The van der Waals surface area contributed by atoms with Gasteiger partial charge < -0.3 is 5.11 Å². The lowest BCUT2D eigenvalue weighted by Gasteiger charge is -2.07. The number of aliphatic carboxylic acids is 1. The molecule has 0 aromatic heterocycles. The van der Waals surface area contributed by atoms with Crippen LogP contribution in [0.1, 0.15) is 5.56 Å². The summed E-state index contributed by atoms with van der Waals surface area (Å²) < 4.78 is 27.1. The zero-order valence-corrected chi connectivity index (χ0v) is 9.36. The summed E-state index contributed by atoms with van der Waals surface area (Å²) in [7, 11) is 0. The summed E-state index contributed by atoms with van der Waals surface area (Å²) in [6.07, 6.45) is -0.394. The van der Waals surface area contributed by atoms with Crippen molar-refractivity contribution in [2.45, 2.75) is 6.42 Å². The highest BCUT2D eigenvalue weighted by Crippen LogP contribution is 2.25. The molecule has 1 N–H and O–H groups in total. The summed E-state index contributed by atoms with van der Waals surface area (Å²) in [4.78, 5) is 10.6. The second-order valence-corrected chi connectivity index (χ2v) is 3.86. The van der Waals surface area contributed by atoms with Gasteiger partial charge in [0, 0.05) is 5.56 Å². The fourth-order valence-electron chi connectivity index (χ4n) is 1.76. The maximum Gasteiger partial charge on any atom is 0.307 e. The third-order valence-corrected chi connectivity index (χ3v) is 2.56. The first-order chi connectivity index (χ1) is 8.58. The molecule has 0 saturated heterocycles. The van der Waals surface area contributed by atoms with Crippen molar-refractivity contribution in [3.63, 3.8) is 0 Å². The molecule has 0 radical (unpaired) electrons. The molecule has 0 aliphatic heterocycles. The van der Waals surface area contributed by atoms with Crippen LogP contribution in [0.5, 0.6) is 0 Å². The number of hydrogen-bond donors (Lipinski definition) is 1. The largest absolute Gasteiger partial charge is 0.481 e. The predicted molar refractivity (Wildman–Crippen MR) is 63.1 cm³/mol. The minimum atomic E-state index is -1.11. The monoisotopic (exact) mass is 248 g/mol. The third-order valence-electron chi connectivity index (χ3n) is 2.56. The van der Waals surface area contributed by atoms with E-state index in [0.717, 1.165) is 0 Å². The summed E-state index contributed by atoms with van der Waals surface area (Å²) in [5.74, 6) is -2.19. The van der Waals surface area contributed by atoms with Crippen LogP contribution in [-0.4, -0.2) is 11.1 Å². The van der Waals surface area contributed by atoms with Gasteiger partial charge >= 0.3 is 5.97 Å². The number of hydrogen-bond acceptors (Lipinski definition) is 1. The van der Waals surface area contributed by atoms with Crippen molar-refractivity contribution in [3.8, 4) is 11.1 Å². The smallest absolute Gasteiger partial charge is 0.307 e. The van der Waals surface area contributed by atoms with Gasteiger partial charge in [-0.2, -0.15) is 0 Å². The molecular weight excluding hydrogens is 238 g/mol. The molecule has 0 unspecified atom stereocenters. The van der Waals surface area contributed by atoms with E-state index in [2.05, 4.69) is 0 Å². The number of carbonyl (C=O) groups is 1. The highest BCUT2D eigenvalue weighted by molar-refractivity contribution is 5.72. The molecule has 2 rings (SSSR count). The molecule has 0 amide bonds. The van der Waals surface area contributed by atoms with Crippen molar-refractivity contribution < 1.29 is 18.7 Å². The van der Waals surface area contributed by atoms with Gasteiger partial charge in [0.1, 0.15) is 11.6 Å². The van der Waals surface area contributed by atoms with Crippen molar-refractivity contribution in [1.82, 2.24) is 0 Å². The van der Waals surface area contributed by atoms with E-state index in [0.29, 0.717) is 5.56 Å². The summed E-state index contributed by atoms with van der Waals surface area (Å²) in [6.45, 7) is 0. The quantitative estimate of drug-likeness (QED) is 0.905. The first-order valence-electron chi connectivity index (χ1n) is 5.33. The maximum atomic E-state index is 14.1. The van der Waals surface area contributed by atoms with E-state index in [1.54, 1.807) is 12.1 Å². The van der Waals surface area contributed by atoms with Crippen molar-refractivity contribution in [1.29, 1.82) is 0 Å². The second kappa shape index (κ2) is 4.96. The van der Waals surface area contributed by atoms with Gasteiger partial charge in [0.25, 0.3) is 0 Å². The van der Waals surface area contributed by atoms with Crippen LogP contribution in [0.25, 0.3) is 11.1 Å². The number of carboxylic acids is 1. The average molecular weight is 248 g/mol. The van der Waals surface area contributed by atoms with E-state index in [9.17, 15) is 13.6 Å². The SMILES string of the molecule is O=C(O)Cc1cccc(-c2cccc(F)c2)c1F. The lowest BCUT2D eigenvalue weighted by Crippen LogP contribution is -2.03. The third kappa shape index (κ3) is 2.53. The number of halogens is 2. The first kappa shape index (κ1) is 12.2. The second-order valence-electron chi connectivity index (χ2n) is 3.86. The topological polar surface area (TPSA) is 37.3 Å². The Kier molecular flexibility index (Phi) is 3.37. The fraction of sp³-hybridized carbons (Fsp3) is 0.0714. The average Bonchev–Trinajstić information content (AvgIpc) is 2.31. The van der Waals surface area contributed by atoms with Gasteiger partial charge in [-0.3, -0.25) is 4.79 Å². The van der Waals surface area contributed by atoms with Crippen LogP contribution in [0, 0.1) is 11.6 Å². The van der Waals surface area contributed by atoms with Crippen molar-refractivity contribution >= 4 is 5.97 Å². The zero-order chi connectivity index (χ0) is 13.1. The molecule has 0 bridgehead atoms. The van der Waals surface area contributed by atoms with Gasteiger partial charge in [-0.25, -0.2) is 8.78 Å². The Hall–Kier alpha value is -2.23. The Morgan fingerprint density at radius 2 is 1.83 bits per heavy atom. The van der Waals surface area contributed by atoms with Crippen LogP contribution < -0.4 is 0 Å². The van der Waals surface area contributed by atoms with Crippen molar-refractivity contribution in [3.05, 3.63) is 59.7 Å². The molecule has 0 atom stereocenters. The Labute approximate surface area is 103 Å². The van der Waals surface area contributed by atoms with Crippen LogP contribution in [0.3, 0.4) is 0 Å². The number of carboxylic acid groups (broad SMARTS) is 1. The van der Waals surface area contributed by atoms with E-state index >= 15 is 0 Å². The number of benzene rings is 2. The van der Waals surface area contributed by atoms with Gasteiger partial charge in [-0.05, 0) is 23.3 Å². The Morgan fingerprint density at radius 1 is 1.11 bits per heavy atom. The minimum absolute atomic E-state index is 0.0873. The molecule has 0 aliphatic rings. The summed E-state index contributed by atoms with van der Waals surface area (Å²) in [6, 6.07) is 9.99. The zero-order valence-electron chi connectivity index (χ0n) is 9.36. The molecule has 2 aromatic rings. The molecule has 4 heteroatoms. The Morgan fingerprint density at radius 3 is 2.50 bits per heavy atom. The predicted octanol–water partition coefficient (Wildman–Crippen LogP) is 3.26. The first-order valence-corrected chi connectivity index (χ1v) is 5.33. The van der Waals surface area contributed by atoms with E-state index in [1.807, 2.05) is 0 Å². The van der Waals surface area contributed by atoms with Crippen LogP contribution in [0.4, 0.5) is 8.78 Å². The van der Waals surface area contributed by atoms with E-state index in [1.165, 1.54) is 30.3 Å². The molecule has 0 saturated carbocycles. The minimum Gasteiger partial charge on any atom is -0.481 e. The van der Waals surface area contributed by atoms with E-state index in [4.69, 9.17) is 5.11 Å². The standard InChI is InChI=1S/C14H10F2O2/c15-11-5-1-3-9(7-11)12-6-2-4-10(14(12)16)8-13(17)18/h1-7H,8H2,(H,17,18). The molecule has 0 aliphatic carbocycles. The molecule has 92 valence electrons. The summed E-state index contributed by atoms with van der Waals surface area (Å²) in [5, 5.41) is 8.67. The van der Waals surface area contributed by atoms with E-state index in [-0.39, 0.29) is 11.1 Å². The van der Waals surface area contributed by atoms with Gasteiger partial charge in [0.15, 0.2) is 0 Å². The fourth-order valence-corrected chi connectivity index (χ4v) is 1.76. The lowest BCUT2D eigenvalue weighted by molar-refractivity contribution is -0.136. The van der Waals surface area contributed by atoms with Gasteiger partial charge in [-0.15, -0.1) is 0 Å². The molecule has 0 fully saturated rings. The number of rotatable bonds is 3.